The Morgan fingerprint density at radius 2 is 2.03 bits per heavy atom. The van der Waals surface area contributed by atoms with E-state index in [4.69, 9.17) is 4.42 Å². The van der Waals surface area contributed by atoms with E-state index in [1.807, 2.05) is 0 Å². The Morgan fingerprint density at radius 1 is 1.33 bits per heavy atom. The second-order valence-corrected chi connectivity index (χ2v) is 8.95. The maximum atomic E-state index is 13.2. The fourth-order valence-electron chi connectivity index (χ4n) is 4.62. The Balaban J connectivity index is 1.65. The first kappa shape index (κ1) is 21.8. The highest BCUT2D eigenvalue weighted by Crippen LogP contribution is 2.44. The monoisotopic (exact) mass is 484 g/mol. The van der Waals surface area contributed by atoms with Crippen molar-refractivity contribution in [1.82, 2.24) is 14.9 Å². The van der Waals surface area contributed by atoms with E-state index in [0.29, 0.717) is 36.5 Å². The Hall–Kier alpha value is -3.06. The number of carboxylic acid groups (broad SMARTS) is 1. The normalized spacial score (nSPS) is 21.6. The van der Waals surface area contributed by atoms with Crippen LogP contribution in [0.3, 0.4) is 0 Å². The number of aromatic nitrogens is 2. The first-order valence-corrected chi connectivity index (χ1v) is 11.1. The van der Waals surface area contributed by atoms with E-state index < -0.39 is 24.3 Å². The van der Waals surface area contributed by atoms with Crippen molar-refractivity contribution < 1.29 is 37.3 Å². The van der Waals surface area contributed by atoms with Crippen LogP contribution in [0.4, 0.5) is 24.0 Å². The number of piperazine rings is 1. The maximum absolute atomic E-state index is 13.2. The molecule has 0 radical (unpaired) electrons. The minimum absolute atomic E-state index is 0.0524. The number of thiazole rings is 1. The second kappa shape index (κ2) is 7.76. The number of alkyl halides is 3. The van der Waals surface area contributed by atoms with Crippen LogP contribution >= 0.6 is 11.3 Å². The predicted molar refractivity (Wildman–Crippen MR) is 111 cm³/mol. The number of anilines is 1. The number of rotatable bonds is 4. The number of hydrogen-bond acceptors (Lipinski definition) is 8. The van der Waals surface area contributed by atoms with Crippen LogP contribution in [-0.4, -0.2) is 62.7 Å². The highest BCUT2D eigenvalue weighted by molar-refractivity contribution is 7.13. The third-order valence-electron chi connectivity index (χ3n) is 5.94. The summed E-state index contributed by atoms with van der Waals surface area (Å²) < 4.78 is 49.9. The SMILES string of the molecule is CC(O)c1cc(-c2nccs2)c2oc(N3CC4CCC(C3)N4C(=O)O)nc2c1OC(F)(F)F. The van der Waals surface area contributed by atoms with Crippen molar-refractivity contribution in [3.63, 3.8) is 0 Å². The molecule has 2 saturated heterocycles. The van der Waals surface area contributed by atoms with Crippen molar-refractivity contribution in [2.75, 3.05) is 18.0 Å². The van der Waals surface area contributed by atoms with Crippen LogP contribution in [-0.2, 0) is 0 Å². The van der Waals surface area contributed by atoms with Gasteiger partial charge in [0.25, 0.3) is 6.01 Å². The molecule has 9 nitrogen and oxygen atoms in total. The zero-order chi connectivity index (χ0) is 23.5. The molecular weight excluding hydrogens is 465 g/mol. The van der Waals surface area contributed by atoms with Crippen LogP contribution in [0.25, 0.3) is 21.7 Å². The Bertz CT molecular complexity index is 1180. The molecule has 0 spiro atoms. The van der Waals surface area contributed by atoms with Crippen LogP contribution in [0.1, 0.15) is 31.4 Å². The van der Waals surface area contributed by atoms with Gasteiger partial charge in [0.15, 0.2) is 16.8 Å². The molecular formula is C20H19F3N4O5S. The van der Waals surface area contributed by atoms with Gasteiger partial charge in [0.05, 0.1) is 23.8 Å². The Morgan fingerprint density at radius 3 is 2.58 bits per heavy atom. The minimum Gasteiger partial charge on any atom is -0.465 e. The number of hydrogen-bond donors (Lipinski definition) is 2. The average molecular weight is 484 g/mol. The third kappa shape index (κ3) is 3.84. The molecule has 2 aliphatic rings. The van der Waals surface area contributed by atoms with Gasteiger partial charge in [0.1, 0.15) is 5.01 Å². The quantitative estimate of drug-likeness (QED) is 0.566. The van der Waals surface area contributed by atoms with Crippen molar-refractivity contribution in [1.29, 1.82) is 0 Å². The summed E-state index contributed by atoms with van der Waals surface area (Å²) in [6.45, 7) is 1.95. The summed E-state index contributed by atoms with van der Waals surface area (Å²) in [6.07, 6.45) is -4.35. The van der Waals surface area contributed by atoms with Crippen molar-refractivity contribution in [2.45, 2.75) is 44.3 Å². The number of benzene rings is 1. The molecule has 33 heavy (non-hydrogen) atoms. The number of halogens is 3. The molecule has 3 unspecified atom stereocenters. The van der Waals surface area contributed by atoms with Crippen LogP contribution in [0.5, 0.6) is 5.75 Å². The van der Waals surface area contributed by atoms with Gasteiger partial charge in [-0.2, -0.15) is 4.98 Å². The predicted octanol–water partition coefficient (Wildman–Crippen LogP) is 4.23. The van der Waals surface area contributed by atoms with Gasteiger partial charge in [-0.1, -0.05) is 0 Å². The zero-order valence-corrected chi connectivity index (χ0v) is 18.1. The van der Waals surface area contributed by atoms with Crippen LogP contribution in [0.15, 0.2) is 22.1 Å². The number of ether oxygens (including phenoxy) is 1. The van der Waals surface area contributed by atoms with Crippen molar-refractivity contribution in [3.8, 4) is 16.3 Å². The van der Waals surface area contributed by atoms with Gasteiger partial charge in [-0.25, -0.2) is 9.78 Å². The molecule has 0 saturated carbocycles. The number of carbonyl (C=O) groups is 1. The second-order valence-electron chi connectivity index (χ2n) is 8.06. The largest absolute Gasteiger partial charge is 0.573 e. The summed E-state index contributed by atoms with van der Waals surface area (Å²) in [5, 5.41) is 21.9. The van der Waals surface area contributed by atoms with E-state index in [2.05, 4.69) is 14.7 Å². The standard InChI is InChI=1S/C20H19F3N4O5S/c1-9(28)12-6-13(17-24-4-5-33-17)15-14(16(12)32-20(21,22)23)25-18(31-15)26-7-10-2-3-11(8-26)27(10)19(29)30/h4-6,9-11,28H,2-3,7-8H2,1H3,(H,29,30). The number of nitrogens with zero attached hydrogens (tertiary/aromatic N) is 4. The van der Waals surface area contributed by atoms with E-state index in [-0.39, 0.29) is 34.8 Å². The van der Waals surface area contributed by atoms with E-state index in [1.165, 1.54) is 29.2 Å². The maximum Gasteiger partial charge on any atom is 0.573 e. The lowest BCUT2D eigenvalue weighted by atomic mass is 10.0. The molecule has 1 aromatic carbocycles. The lowest BCUT2D eigenvalue weighted by Gasteiger charge is -2.38. The van der Waals surface area contributed by atoms with Crippen molar-refractivity contribution in [2.24, 2.45) is 0 Å². The van der Waals surface area contributed by atoms with Gasteiger partial charge >= 0.3 is 12.5 Å². The van der Waals surface area contributed by atoms with Gasteiger partial charge in [-0.3, -0.25) is 4.90 Å². The molecule has 3 atom stereocenters. The van der Waals surface area contributed by atoms with Gasteiger partial charge in [0.2, 0.25) is 0 Å². The number of oxazole rings is 1. The van der Waals surface area contributed by atoms with E-state index >= 15 is 0 Å². The number of fused-ring (bicyclic) bond motifs is 3. The fourth-order valence-corrected chi connectivity index (χ4v) is 5.27. The molecule has 2 fully saturated rings. The first-order chi connectivity index (χ1) is 15.6. The highest BCUT2D eigenvalue weighted by atomic mass is 32.1. The number of amides is 1. The summed E-state index contributed by atoms with van der Waals surface area (Å²) in [4.78, 5) is 23.3. The van der Waals surface area contributed by atoms with Gasteiger partial charge in [-0.15, -0.1) is 24.5 Å². The van der Waals surface area contributed by atoms with Crippen LogP contribution in [0, 0.1) is 0 Å². The third-order valence-corrected chi connectivity index (χ3v) is 6.75. The molecule has 2 aliphatic heterocycles. The van der Waals surface area contributed by atoms with Crippen LogP contribution in [0.2, 0.25) is 0 Å². The van der Waals surface area contributed by atoms with Gasteiger partial charge in [0, 0.05) is 30.2 Å². The summed E-state index contributed by atoms with van der Waals surface area (Å²) in [6, 6.07) is 0.926. The number of aliphatic hydroxyl groups is 1. The van der Waals surface area contributed by atoms with E-state index in [9.17, 15) is 28.2 Å². The van der Waals surface area contributed by atoms with E-state index in [0.717, 1.165) is 0 Å². The minimum atomic E-state index is -5.01. The topological polar surface area (TPSA) is 112 Å². The van der Waals surface area contributed by atoms with E-state index in [1.54, 1.807) is 16.5 Å². The molecule has 3 aromatic rings. The summed E-state index contributed by atoms with van der Waals surface area (Å²) >= 11 is 1.26. The lowest BCUT2D eigenvalue weighted by Crippen LogP contribution is -2.55. The molecule has 4 heterocycles. The van der Waals surface area contributed by atoms with Gasteiger partial charge in [-0.05, 0) is 25.8 Å². The van der Waals surface area contributed by atoms with Crippen molar-refractivity contribution in [3.05, 3.63) is 23.2 Å². The Labute approximate surface area is 189 Å². The summed E-state index contributed by atoms with van der Waals surface area (Å²) in [5.74, 6) is -0.630. The molecule has 2 bridgehead atoms. The molecule has 1 amide bonds. The van der Waals surface area contributed by atoms with Crippen LogP contribution < -0.4 is 9.64 Å². The molecule has 5 rings (SSSR count). The molecule has 0 aliphatic carbocycles. The summed E-state index contributed by atoms with van der Waals surface area (Å²) in [7, 11) is 0. The summed E-state index contributed by atoms with van der Waals surface area (Å²) in [5.41, 5.74) is 0.160. The molecule has 2 N–H and O–H groups in total. The highest BCUT2D eigenvalue weighted by Gasteiger charge is 2.44. The molecule has 176 valence electrons. The molecule has 2 aromatic heterocycles. The zero-order valence-electron chi connectivity index (χ0n) is 17.2. The fraction of sp³-hybridized carbons (Fsp3) is 0.450. The Kier molecular flexibility index (Phi) is 5.12. The first-order valence-electron chi connectivity index (χ1n) is 10.2. The van der Waals surface area contributed by atoms with Gasteiger partial charge < -0.3 is 24.3 Å². The molecule has 13 heteroatoms. The smallest absolute Gasteiger partial charge is 0.465 e. The average Bonchev–Trinajstić information content (AvgIpc) is 3.45. The van der Waals surface area contributed by atoms with Crippen molar-refractivity contribution >= 4 is 34.5 Å². The number of aliphatic hydroxyl groups excluding tert-OH is 1. The lowest BCUT2D eigenvalue weighted by molar-refractivity contribution is -0.274.